The second-order valence-corrected chi connectivity index (χ2v) is 9.56. The van der Waals surface area contributed by atoms with Crippen LogP contribution in [0.1, 0.15) is 46.3 Å². The number of thiophene rings is 1. The number of likely N-dealkylation sites (tertiary alicyclic amines) is 1. The molecule has 0 amide bonds. The maximum atomic E-state index is 4.50. The molecule has 3 rings (SSSR count). The third kappa shape index (κ3) is 6.40. The van der Waals surface area contributed by atoms with Crippen LogP contribution in [-0.4, -0.2) is 42.5 Å². The quantitative estimate of drug-likeness (QED) is 0.325. The number of thiazole rings is 1. The molecule has 0 bridgehead atoms. The van der Waals surface area contributed by atoms with Crippen molar-refractivity contribution in [2.24, 2.45) is 10.9 Å². The van der Waals surface area contributed by atoms with Crippen molar-refractivity contribution < 1.29 is 0 Å². The Kier molecular flexibility index (Phi) is 9.65. The first-order valence-electron chi connectivity index (χ1n) is 9.71. The standard InChI is InChI=1S/C20H31N5S2.HI/c1-14-7-9-25(10-8-14)17(18-6-5-11-26-18)12-22-20(21-4)23-13-19-15(2)24-16(3)27-19;/h5-6,11,14,17H,7-10,12-13H2,1-4H3,(H2,21,22,23);1H. The summed E-state index contributed by atoms with van der Waals surface area (Å²) in [4.78, 5) is 14.2. The molecule has 1 atom stereocenters. The van der Waals surface area contributed by atoms with Gasteiger partial charge in [-0.2, -0.15) is 0 Å². The van der Waals surface area contributed by atoms with Crippen molar-refractivity contribution in [2.75, 3.05) is 26.7 Å². The summed E-state index contributed by atoms with van der Waals surface area (Å²) in [6, 6.07) is 4.82. The molecular formula is C20H32IN5S2. The zero-order chi connectivity index (χ0) is 19.2. The molecule has 0 radical (unpaired) electrons. The predicted octanol–water partition coefficient (Wildman–Crippen LogP) is 4.58. The molecule has 0 saturated carbocycles. The van der Waals surface area contributed by atoms with Gasteiger partial charge in [-0.3, -0.25) is 9.89 Å². The summed E-state index contributed by atoms with van der Waals surface area (Å²) in [7, 11) is 1.84. The number of piperidine rings is 1. The number of hydrogen-bond acceptors (Lipinski definition) is 5. The summed E-state index contributed by atoms with van der Waals surface area (Å²) in [5.74, 6) is 1.70. The van der Waals surface area contributed by atoms with Crippen LogP contribution in [0.25, 0.3) is 0 Å². The van der Waals surface area contributed by atoms with E-state index < -0.39 is 0 Å². The topological polar surface area (TPSA) is 52.6 Å². The van der Waals surface area contributed by atoms with Gasteiger partial charge >= 0.3 is 0 Å². The Balaban J connectivity index is 0.00000280. The average molecular weight is 534 g/mol. The highest BCUT2D eigenvalue weighted by molar-refractivity contribution is 14.0. The predicted molar refractivity (Wildman–Crippen MR) is 132 cm³/mol. The van der Waals surface area contributed by atoms with E-state index in [1.54, 1.807) is 11.3 Å². The second-order valence-electron chi connectivity index (χ2n) is 7.30. The van der Waals surface area contributed by atoms with Gasteiger partial charge < -0.3 is 10.6 Å². The normalized spacial score (nSPS) is 17.2. The van der Waals surface area contributed by atoms with Crippen molar-refractivity contribution in [2.45, 2.75) is 46.2 Å². The second kappa shape index (κ2) is 11.5. The van der Waals surface area contributed by atoms with Crippen LogP contribution in [0.5, 0.6) is 0 Å². The van der Waals surface area contributed by atoms with Crippen molar-refractivity contribution in [1.82, 2.24) is 20.5 Å². The smallest absolute Gasteiger partial charge is 0.191 e. The molecule has 2 aromatic rings. The lowest BCUT2D eigenvalue weighted by molar-refractivity contribution is 0.140. The minimum Gasteiger partial charge on any atom is -0.354 e. The van der Waals surface area contributed by atoms with Crippen molar-refractivity contribution in [1.29, 1.82) is 0 Å². The van der Waals surface area contributed by atoms with Crippen molar-refractivity contribution >= 4 is 52.6 Å². The minimum absolute atomic E-state index is 0. The van der Waals surface area contributed by atoms with Gasteiger partial charge in [0.15, 0.2) is 5.96 Å². The van der Waals surface area contributed by atoms with E-state index in [1.165, 1.54) is 35.7 Å². The van der Waals surface area contributed by atoms with Gasteiger partial charge in [0.2, 0.25) is 0 Å². The maximum Gasteiger partial charge on any atom is 0.191 e. The molecule has 156 valence electrons. The Morgan fingerprint density at radius 2 is 2.07 bits per heavy atom. The van der Waals surface area contributed by atoms with Crippen LogP contribution in [-0.2, 0) is 6.54 Å². The maximum absolute atomic E-state index is 4.50. The van der Waals surface area contributed by atoms with Crippen molar-refractivity contribution in [3.63, 3.8) is 0 Å². The molecule has 5 nitrogen and oxygen atoms in total. The first-order valence-corrected chi connectivity index (χ1v) is 11.4. The number of aromatic nitrogens is 1. The van der Waals surface area contributed by atoms with E-state index in [9.17, 15) is 0 Å². The van der Waals surface area contributed by atoms with Crippen LogP contribution in [0.4, 0.5) is 0 Å². The summed E-state index contributed by atoms with van der Waals surface area (Å²) >= 11 is 3.60. The lowest BCUT2D eigenvalue weighted by Crippen LogP contribution is -2.44. The summed E-state index contributed by atoms with van der Waals surface area (Å²) in [6.07, 6.45) is 2.58. The monoisotopic (exact) mass is 533 g/mol. The van der Waals surface area contributed by atoms with Gasteiger partial charge in [0.1, 0.15) is 0 Å². The van der Waals surface area contributed by atoms with E-state index >= 15 is 0 Å². The zero-order valence-electron chi connectivity index (χ0n) is 17.2. The Hall–Kier alpha value is -0.710. The SMILES string of the molecule is CN=C(NCc1sc(C)nc1C)NCC(c1cccs1)N1CCC(C)CC1.I. The summed E-state index contributed by atoms with van der Waals surface area (Å²) in [5, 5.41) is 10.3. The number of nitrogens with zero attached hydrogens (tertiary/aromatic N) is 3. The number of hydrogen-bond donors (Lipinski definition) is 2. The Morgan fingerprint density at radius 3 is 2.64 bits per heavy atom. The molecule has 28 heavy (non-hydrogen) atoms. The van der Waals surface area contributed by atoms with Gasteiger partial charge in [0, 0.05) is 23.3 Å². The number of guanidine groups is 1. The molecular weight excluding hydrogens is 501 g/mol. The fraction of sp³-hybridized carbons (Fsp3) is 0.600. The van der Waals surface area contributed by atoms with Gasteiger partial charge in [-0.25, -0.2) is 4.98 Å². The largest absolute Gasteiger partial charge is 0.354 e. The molecule has 1 aliphatic rings. The highest BCUT2D eigenvalue weighted by atomic mass is 127. The molecule has 0 spiro atoms. The zero-order valence-corrected chi connectivity index (χ0v) is 21.2. The lowest BCUT2D eigenvalue weighted by atomic mass is 9.97. The van der Waals surface area contributed by atoms with E-state index in [2.05, 4.69) is 63.8 Å². The van der Waals surface area contributed by atoms with Crippen molar-refractivity contribution in [3.8, 4) is 0 Å². The molecule has 2 aromatic heterocycles. The number of aliphatic imine (C=N–C) groups is 1. The highest BCUT2D eigenvalue weighted by Gasteiger charge is 2.25. The number of halogens is 1. The molecule has 2 N–H and O–H groups in total. The Morgan fingerprint density at radius 1 is 1.32 bits per heavy atom. The van der Waals surface area contributed by atoms with Crippen LogP contribution < -0.4 is 10.6 Å². The third-order valence-corrected chi connectivity index (χ3v) is 7.28. The van der Waals surface area contributed by atoms with E-state index in [0.717, 1.165) is 35.7 Å². The molecule has 8 heteroatoms. The van der Waals surface area contributed by atoms with Crippen LogP contribution in [0.3, 0.4) is 0 Å². The molecule has 1 aliphatic heterocycles. The molecule has 3 heterocycles. The molecule has 1 unspecified atom stereocenters. The Bertz CT molecular complexity index is 736. The van der Waals surface area contributed by atoms with Crippen molar-refractivity contribution in [3.05, 3.63) is 38.0 Å². The minimum atomic E-state index is 0. The lowest BCUT2D eigenvalue weighted by Gasteiger charge is -2.36. The number of aryl methyl sites for hydroxylation is 2. The fourth-order valence-electron chi connectivity index (χ4n) is 3.55. The van der Waals surface area contributed by atoms with Gasteiger partial charge in [0.05, 0.1) is 23.3 Å². The third-order valence-electron chi connectivity index (χ3n) is 5.23. The summed E-state index contributed by atoms with van der Waals surface area (Å²) in [6.45, 7) is 10.5. The Labute approximate surface area is 194 Å². The van der Waals surface area contributed by atoms with Gasteiger partial charge in [-0.1, -0.05) is 13.0 Å². The van der Waals surface area contributed by atoms with Crippen LogP contribution in [0, 0.1) is 19.8 Å². The first kappa shape index (κ1) is 23.6. The summed E-state index contributed by atoms with van der Waals surface area (Å²) < 4.78 is 0. The first-order chi connectivity index (χ1) is 13.1. The molecule has 1 fully saturated rings. The number of rotatable bonds is 6. The average Bonchev–Trinajstić information content (AvgIpc) is 3.29. The molecule has 1 saturated heterocycles. The van der Waals surface area contributed by atoms with Crippen LogP contribution in [0.2, 0.25) is 0 Å². The van der Waals surface area contributed by atoms with E-state index in [4.69, 9.17) is 0 Å². The van der Waals surface area contributed by atoms with Crippen LogP contribution >= 0.6 is 46.7 Å². The van der Waals surface area contributed by atoms with E-state index in [1.807, 2.05) is 18.4 Å². The fourth-order valence-corrected chi connectivity index (χ4v) is 5.28. The van der Waals surface area contributed by atoms with E-state index in [0.29, 0.717) is 6.04 Å². The van der Waals surface area contributed by atoms with Gasteiger partial charge in [-0.15, -0.1) is 46.7 Å². The van der Waals surface area contributed by atoms with Gasteiger partial charge in [0.25, 0.3) is 0 Å². The van der Waals surface area contributed by atoms with E-state index in [-0.39, 0.29) is 24.0 Å². The molecule has 0 aliphatic carbocycles. The molecule has 0 aromatic carbocycles. The number of nitrogens with one attached hydrogen (secondary N) is 2. The van der Waals surface area contributed by atoms with Gasteiger partial charge in [-0.05, 0) is 57.1 Å². The van der Waals surface area contributed by atoms with Crippen LogP contribution in [0.15, 0.2) is 22.5 Å². The highest BCUT2D eigenvalue weighted by Crippen LogP contribution is 2.29. The summed E-state index contributed by atoms with van der Waals surface area (Å²) in [5.41, 5.74) is 1.11.